The molecule has 4 nitrogen and oxygen atoms in total. The van der Waals surface area contributed by atoms with Crippen molar-refractivity contribution in [1.29, 1.82) is 0 Å². The van der Waals surface area contributed by atoms with E-state index in [4.69, 9.17) is 0 Å². The summed E-state index contributed by atoms with van der Waals surface area (Å²) in [6.07, 6.45) is 5.19. The van der Waals surface area contributed by atoms with Gasteiger partial charge in [-0.15, -0.1) is 11.3 Å². The van der Waals surface area contributed by atoms with Gasteiger partial charge < -0.3 is 10.0 Å². The molecule has 0 saturated carbocycles. The SMILES string of the molecule is CCCc1nc(CCN2CCCC(C)C2)sc1C(=O)O. The van der Waals surface area contributed by atoms with Crippen LogP contribution in [0.15, 0.2) is 0 Å². The lowest BCUT2D eigenvalue weighted by molar-refractivity contribution is 0.0700. The van der Waals surface area contributed by atoms with Crippen LogP contribution in [0.4, 0.5) is 0 Å². The summed E-state index contributed by atoms with van der Waals surface area (Å²) in [4.78, 5) is 18.7. The van der Waals surface area contributed by atoms with E-state index in [0.29, 0.717) is 4.88 Å². The summed E-state index contributed by atoms with van der Waals surface area (Å²) >= 11 is 1.36. The van der Waals surface area contributed by atoms with Crippen molar-refractivity contribution < 1.29 is 9.90 Å². The number of aromatic carboxylic acids is 1. The van der Waals surface area contributed by atoms with Crippen molar-refractivity contribution in [2.75, 3.05) is 19.6 Å². The molecule has 1 aromatic rings. The first-order chi connectivity index (χ1) is 9.60. The lowest BCUT2D eigenvalue weighted by atomic mass is 10.0. The average Bonchev–Trinajstić information content (AvgIpc) is 2.80. The fourth-order valence-corrected chi connectivity index (χ4v) is 3.76. The summed E-state index contributed by atoms with van der Waals surface area (Å²) in [5.74, 6) is -0.0472. The predicted octanol–water partition coefficient (Wildman–Crippen LogP) is 3.07. The Kier molecular flexibility index (Phi) is 5.54. The number of hydrogen-bond acceptors (Lipinski definition) is 4. The van der Waals surface area contributed by atoms with Crippen LogP contribution in [0.1, 0.15) is 53.5 Å². The number of piperidine rings is 1. The maximum atomic E-state index is 11.2. The first-order valence-electron chi connectivity index (χ1n) is 7.54. The molecule has 0 spiro atoms. The fraction of sp³-hybridized carbons (Fsp3) is 0.733. The summed E-state index contributed by atoms with van der Waals surface area (Å²) in [6, 6.07) is 0. The van der Waals surface area contributed by atoms with Crippen LogP contribution in [0, 0.1) is 5.92 Å². The number of carboxylic acids is 1. The van der Waals surface area contributed by atoms with Crippen LogP contribution < -0.4 is 0 Å². The number of aromatic nitrogens is 1. The van der Waals surface area contributed by atoms with E-state index >= 15 is 0 Å². The van der Waals surface area contributed by atoms with Crippen molar-refractivity contribution >= 4 is 17.3 Å². The molecule has 1 fully saturated rings. The molecule has 112 valence electrons. The maximum Gasteiger partial charge on any atom is 0.347 e. The lowest BCUT2D eigenvalue weighted by Crippen LogP contribution is -2.35. The van der Waals surface area contributed by atoms with Gasteiger partial charge in [-0.2, -0.15) is 0 Å². The molecule has 2 heterocycles. The van der Waals surface area contributed by atoms with E-state index in [1.165, 1.54) is 37.3 Å². The Bertz CT molecular complexity index is 459. The Morgan fingerprint density at radius 2 is 2.30 bits per heavy atom. The van der Waals surface area contributed by atoms with Crippen molar-refractivity contribution in [2.45, 2.75) is 46.0 Å². The molecule has 1 atom stereocenters. The topological polar surface area (TPSA) is 53.4 Å². The standard InChI is InChI=1S/C15H24N2O2S/c1-3-5-12-14(15(18)19)20-13(16-12)7-9-17-8-4-6-11(2)10-17/h11H,3-10H2,1-2H3,(H,18,19). The largest absolute Gasteiger partial charge is 0.477 e. The second kappa shape index (κ2) is 7.18. The normalized spacial score (nSPS) is 20.2. The van der Waals surface area contributed by atoms with Gasteiger partial charge in [0.1, 0.15) is 4.88 Å². The zero-order valence-corrected chi connectivity index (χ0v) is 13.2. The molecule has 1 aliphatic rings. The highest BCUT2D eigenvalue weighted by Crippen LogP contribution is 2.22. The predicted molar refractivity (Wildman–Crippen MR) is 81.6 cm³/mol. The molecule has 1 N–H and O–H groups in total. The Labute approximate surface area is 124 Å². The van der Waals surface area contributed by atoms with Gasteiger partial charge in [0.25, 0.3) is 0 Å². The van der Waals surface area contributed by atoms with Crippen LogP contribution in [0.5, 0.6) is 0 Å². The zero-order chi connectivity index (χ0) is 14.5. The second-order valence-electron chi connectivity index (χ2n) is 5.74. The molecular formula is C15H24N2O2S. The van der Waals surface area contributed by atoms with Gasteiger partial charge in [-0.05, 0) is 31.7 Å². The third kappa shape index (κ3) is 4.03. The van der Waals surface area contributed by atoms with Crippen molar-refractivity contribution in [3.05, 3.63) is 15.6 Å². The minimum absolute atomic E-state index is 0.439. The summed E-state index contributed by atoms with van der Waals surface area (Å²) in [5.41, 5.74) is 0.770. The van der Waals surface area contributed by atoms with Crippen LogP contribution in [0.2, 0.25) is 0 Å². The molecule has 2 rings (SSSR count). The Morgan fingerprint density at radius 1 is 1.50 bits per heavy atom. The number of thiazole rings is 1. The average molecular weight is 296 g/mol. The van der Waals surface area contributed by atoms with Crippen molar-refractivity contribution in [3.63, 3.8) is 0 Å². The van der Waals surface area contributed by atoms with Gasteiger partial charge in [-0.1, -0.05) is 20.3 Å². The summed E-state index contributed by atoms with van der Waals surface area (Å²) in [6.45, 7) is 7.70. The molecule has 1 unspecified atom stereocenters. The van der Waals surface area contributed by atoms with E-state index in [1.54, 1.807) is 0 Å². The first kappa shape index (κ1) is 15.4. The number of aryl methyl sites for hydroxylation is 1. The van der Waals surface area contributed by atoms with E-state index in [0.717, 1.165) is 42.4 Å². The van der Waals surface area contributed by atoms with E-state index in [2.05, 4.69) is 23.7 Å². The summed E-state index contributed by atoms with van der Waals surface area (Å²) in [5, 5.41) is 10.2. The molecule has 0 amide bonds. The molecule has 5 heteroatoms. The zero-order valence-electron chi connectivity index (χ0n) is 12.4. The summed E-state index contributed by atoms with van der Waals surface area (Å²) < 4.78 is 0. The van der Waals surface area contributed by atoms with E-state index in [1.807, 2.05) is 0 Å². The minimum atomic E-state index is -0.830. The number of hydrogen-bond donors (Lipinski definition) is 1. The number of carboxylic acid groups (broad SMARTS) is 1. The van der Waals surface area contributed by atoms with Crippen LogP contribution in [0.3, 0.4) is 0 Å². The van der Waals surface area contributed by atoms with E-state index < -0.39 is 5.97 Å². The monoisotopic (exact) mass is 296 g/mol. The molecule has 0 aliphatic carbocycles. The van der Waals surface area contributed by atoms with Gasteiger partial charge in [-0.3, -0.25) is 0 Å². The van der Waals surface area contributed by atoms with Crippen LogP contribution >= 0.6 is 11.3 Å². The molecule has 0 radical (unpaired) electrons. The number of likely N-dealkylation sites (tertiary alicyclic amines) is 1. The Balaban J connectivity index is 1.95. The third-order valence-corrected chi connectivity index (χ3v) is 4.95. The summed E-state index contributed by atoms with van der Waals surface area (Å²) in [7, 11) is 0. The highest BCUT2D eigenvalue weighted by molar-refractivity contribution is 7.13. The minimum Gasteiger partial charge on any atom is -0.477 e. The lowest BCUT2D eigenvalue weighted by Gasteiger charge is -2.30. The Morgan fingerprint density at radius 3 is 2.95 bits per heavy atom. The molecule has 0 aromatic carbocycles. The van der Waals surface area contributed by atoms with Gasteiger partial charge in [0.05, 0.1) is 10.7 Å². The van der Waals surface area contributed by atoms with Gasteiger partial charge in [0, 0.05) is 19.5 Å². The smallest absolute Gasteiger partial charge is 0.347 e. The van der Waals surface area contributed by atoms with Crippen LogP contribution in [0.25, 0.3) is 0 Å². The second-order valence-corrected chi connectivity index (χ2v) is 6.82. The molecule has 1 saturated heterocycles. The molecule has 20 heavy (non-hydrogen) atoms. The van der Waals surface area contributed by atoms with Crippen LogP contribution in [-0.2, 0) is 12.8 Å². The van der Waals surface area contributed by atoms with E-state index in [9.17, 15) is 9.90 Å². The van der Waals surface area contributed by atoms with Gasteiger partial charge >= 0.3 is 5.97 Å². The highest BCUT2D eigenvalue weighted by Gasteiger charge is 2.19. The first-order valence-corrected chi connectivity index (χ1v) is 8.36. The molecule has 0 bridgehead atoms. The molecular weight excluding hydrogens is 272 g/mol. The molecule has 1 aliphatic heterocycles. The molecule has 1 aromatic heterocycles. The van der Waals surface area contributed by atoms with Crippen molar-refractivity contribution in [1.82, 2.24) is 9.88 Å². The van der Waals surface area contributed by atoms with Gasteiger partial charge in [-0.25, -0.2) is 9.78 Å². The fourth-order valence-electron chi connectivity index (χ4n) is 2.82. The number of carbonyl (C=O) groups is 1. The quantitative estimate of drug-likeness (QED) is 0.876. The third-order valence-electron chi connectivity index (χ3n) is 3.81. The van der Waals surface area contributed by atoms with Crippen molar-refractivity contribution in [2.24, 2.45) is 5.92 Å². The van der Waals surface area contributed by atoms with Gasteiger partial charge in [0.15, 0.2) is 0 Å². The maximum absolute atomic E-state index is 11.2. The highest BCUT2D eigenvalue weighted by atomic mass is 32.1. The van der Waals surface area contributed by atoms with Gasteiger partial charge in [0.2, 0.25) is 0 Å². The number of nitrogens with zero attached hydrogens (tertiary/aromatic N) is 2. The number of rotatable bonds is 6. The van der Waals surface area contributed by atoms with E-state index in [-0.39, 0.29) is 0 Å². The Hall–Kier alpha value is -0.940. The van der Waals surface area contributed by atoms with Crippen molar-refractivity contribution in [3.8, 4) is 0 Å². The van der Waals surface area contributed by atoms with Crippen LogP contribution in [-0.4, -0.2) is 40.6 Å².